The van der Waals surface area contributed by atoms with Gasteiger partial charge in [-0.05, 0) is 54.7 Å². The Morgan fingerprint density at radius 3 is 2.59 bits per heavy atom. The maximum absolute atomic E-state index is 13.4. The van der Waals surface area contributed by atoms with Crippen LogP contribution in [0.15, 0.2) is 79.0 Å². The molecule has 0 bridgehead atoms. The molecule has 0 aliphatic heterocycles. The zero-order valence-electron chi connectivity index (χ0n) is 18.2. The lowest BCUT2D eigenvalue weighted by Gasteiger charge is -2.18. The second-order valence-corrected chi connectivity index (χ2v) is 8.87. The molecule has 0 unspecified atom stereocenters. The molecule has 1 aromatic heterocycles. The van der Waals surface area contributed by atoms with Gasteiger partial charge >= 0.3 is 0 Å². The average Bonchev–Trinajstić information content (AvgIpc) is 3.53. The van der Waals surface area contributed by atoms with Gasteiger partial charge in [-0.3, -0.25) is 4.79 Å². The van der Waals surface area contributed by atoms with E-state index in [0.717, 1.165) is 40.4 Å². The van der Waals surface area contributed by atoms with E-state index < -0.39 is 0 Å². The van der Waals surface area contributed by atoms with Crippen molar-refractivity contribution in [2.75, 3.05) is 0 Å². The molecule has 162 valence electrons. The van der Waals surface area contributed by atoms with Gasteiger partial charge in [-0.15, -0.1) is 0 Å². The molecule has 1 fully saturated rings. The number of hydrogen-bond donors (Lipinski definition) is 1. The lowest BCUT2D eigenvalue weighted by atomic mass is 9.87. The van der Waals surface area contributed by atoms with Crippen molar-refractivity contribution in [1.29, 1.82) is 0 Å². The second-order valence-electron chi connectivity index (χ2n) is 8.87. The lowest BCUT2D eigenvalue weighted by Crippen LogP contribution is -2.27. The largest absolute Gasteiger partial charge is 0.353 e. The number of benzene rings is 3. The van der Waals surface area contributed by atoms with Crippen LogP contribution in [-0.2, 0) is 11.3 Å². The summed E-state index contributed by atoms with van der Waals surface area (Å²) in [6.07, 6.45) is 4.76. The van der Waals surface area contributed by atoms with Gasteiger partial charge in [0, 0.05) is 42.0 Å². The molecule has 4 heteroatoms. The van der Waals surface area contributed by atoms with E-state index in [2.05, 4.69) is 59.4 Å². The number of carbonyl (C=O) groups is 1. The first-order valence-electron chi connectivity index (χ1n) is 11.2. The Balaban J connectivity index is 1.56. The highest BCUT2D eigenvalue weighted by Gasteiger charge is 2.27. The van der Waals surface area contributed by atoms with E-state index in [1.165, 1.54) is 17.7 Å². The predicted octanol–water partition coefficient (Wildman–Crippen LogP) is 5.94. The van der Waals surface area contributed by atoms with Crippen molar-refractivity contribution in [2.45, 2.75) is 44.7 Å². The second kappa shape index (κ2) is 8.62. The van der Waals surface area contributed by atoms with Crippen molar-refractivity contribution in [3.63, 3.8) is 0 Å². The summed E-state index contributed by atoms with van der Waals surface area (Å²) in [6, 6.07) is 23.8. The smallest absolute Gasteiger partial charge is 0.221 e. The molecule has 1 amide bonds. The summed E-state index contributed by atoms with van der Waals surface area (Å²) in [5, 5.41) is 4.31. The molecule has 0 saturated heterocycles. The Labute approximate surface area is 187 Å². The number of hydrogen-bond acceptors (Lipinski definition) is 1. The number of aromatic nitrogens is 1. The van der Waals surface area contributed by atoms with E-state index in [1.807, 2.05) is 24.3 Å². The van der Waals surface area contributed by atoms with Crippen LogP contribution in [0.5, 0.6) is 0 Å². The van der Waals surface area contributed by atoms with E-state index in [4.69, 9.17) is 0 Å². The normalized spacial score (nSPS) is 14.4. The van der Waals surface area contributed by atoms with Gasteiger partial charge in [-0.2, -0.15) is 0 Å². The van der Waals surface area contributed by atoms with Crippen molar-refractivity contribution in [3.05, 3.63) is 107 Å². The molecule has 0 radical (unpaired) electrons. The lowest BCUT2D eigenvalue weighted by molar-refractivity contribution is -0.121. The Morgan fingerprint density at radius 1 is 1.06 bits per heavy atom. The number of nitrogens with zero attached hydrogens (tertiary/aromatic N) is 1. The number of aryl methyl sites for hydroxylation is 1. The summed E-state index contributed by atoms with van der Waals surface area (Å²) in [5.74, 6) is -0.157. The number of amides is 1. The van der Waals surface area contributed by atoms with Gasteiger partial charge in [-0.1, -0.05) is 60.2 Å². The van der Waals surface area contributed by atoms with E-state index in [-0.39, 0.29) is 17.6 Å². The van der Waals surface area contributed by atoms with Gasteiger partial charge < -0.3 is 9.88 Å². The molecule has 3 aromatic carbocycles. The van der Waals surface area contributed by atoms with Crippen molar-refractivity contribution < 1.29 is 9.18 Å². The van der Waals surface area contributed by atoms with Gasteiger partial charge in [0.25, 0.3) is 0 Å². The molecule has 3 nitrogen and oxygen atoms in total. The third kappa shape index (κ3) is 4.45. The molecular weight excluding hydrogens is 399 g/mol. The van der Waals surface area contributed by atoms with E-state index in [9.17, 15) is 9.18 Å². The number of nitrogens with one attached hydrogen (secondary N) is 1. The zero-order chi connectivity index (χ0) is 22.1. The van der Waals surface area contributed by atoms with Gasteiger partial charge in [0.1, 0.15) is 5.82 Å². The molecule has 5 rings (SSSR count). The predicted molar refractivity (Wildman–Crippen MR) is 126 cm³/mol. The SMILES string of the molecule is Cc1cccc([C@H](CC(=O)NC2CC2)c2cn(Cc3ccc(F)cc3)c3ccccc23)c1. The fourth-order valence-electron chi connectivity index (χ4n) is 4.46. The first kappa shape index (κ1) is 20.5. The molecule has 1 aliphatic carbocycles. The third-order valence-corrected chi connectivity index (χ3v) is 6.24. The van der Waals surface area contributed by atoms with E-state index in [1.54, 1.807) is 0 Å². The minimum atomic E-state index is -0.229. The molecule has 32 heavy (non-hydrogen) atoms. The standard InChI is InChI=1S/C28H27FN2O/c1-19-5-4-6-21(15-19)25(16-28(32)30-23-13-14-23)26-18-31(27-8-3-2-7-24(26)27)17-20-9-11-22(29)12-10-20/h2-12,15,18,23,25H,13-14,16-17H2,1H3,(H,30,32)/t25-/m0/s1. The number of rotatable bonds is 7. The van der Waals surface area contributed by atoms with E-state index in [0.29, 0.717) is 19.0 Å². The summed E-state index contributed by atoms with van der Waals surface area (Å²) in [7, 11) is 0. The molecular formula is C28H27FN2O. The topological polar surface area (TPSA) is 34.0 Å². The maximum Gasteiger partial charge on any atom is 0.221 e. The van der Waals surface area contributed by atoms with Crippen LogP contribution in [0.25, 0.3) is 10.9 Å². The summed E-state index contributed by atoms with van der Waals surface area (Å²) < 4.78 is 15.6. The van der Waals surface area contributed by atoms with Gasteiger partial charge in [0.2, 0.25) is 5.91 Å². The first-order chi connectivity index (χ1) is 15.6. The first-order valence-corrected chi connectivity index (χ1v) is 11.2. The van der Waals surface area contributed by atoms with Crippen LogP contribution in [0.1, 0.15) is 47.4 Å². The molecule has 1 aliphatic rings. The van der Waals surface area contributed by atoms with Crippen molar-refractivity contribution >= 4 is 16.8 Å². The minimum Gasteiger partial charge on any atom is -0.353 e. The van der Waals surface area contributed by atoms with E-state index >= 15 is 0 Å². The van der Waals surface area contributed by atoms with Crippen LogP contribution in [0.2, 0.25) is 0 Å². The highest BCUT2D eigenvalue weighted by Crippen LogP contribution is 2.36. The highest BCUT2D eigenvalue weighted by atomic mass is 19.1. The highest BCUT2D eigenvalue weighted by molar-refractivity contribution is 5.87. The summed E-state index contributed by atoms with van der Waals surface area (Å²) >= 11 is 0. The van der Waals surface area contributed by atoms with Crippen molar-refractivity contribution in [1.82, 2.24) is 9.88 Å². The molecule has 4 aromatic rings. The Morgan fingerprint density at radius 2 is 1.84 bits per heavy atom. The van der Waals surface area contributed by atoms with Crippen LogP contribution in [0, 0.1) is 12.7 Å². The quantitative estimate of drug-likeness (QED) is 0.390. The van der Waals surface area contributed by atoms with Crippen LogP contribution in [-0.4, -0.2) is 16.5 Å². The molecule has 1 atom stereocenters. The monoisotopic (exact) mass is 426 g/mol. The summed E-state index contributed by atoms with van der Waals surface area (Å²) in [5.41, 5.74) is 5.65. The van der Waals surface area contributed by atoms with Crippen molar-refractivity contribution in [3.8, 4) is 0 Å². The maximum atomic E-state index is 13.4. The number of fused-ring (bicyclic) bond motifs is 1. The number of para-hydroxylation sites is 1. The van der Waals surface area contributed by atoms with Gasteiger partial charge in [0.05, 0.1) is 0 Å². The third-order valence-electron chi connectivity index (χ3n) is 6.24. The summed E-state index contributed by atoms with van der Waals surface area (Å²) in [4.78, 5) is 12.8. The molecule has 1 N–H and O–H groups in total. The number of carbonyl (C=O) groups excluding carboxylic acids is 1. The zero-order valence-corrected chi connectivity index (χ0v) is 18.2. The van der Waals surface area contributed by atoms with Crippen LogP contribution in [0.3, 0.4) is 0 Å². The fourth-order valence-corrected chi connectivity index (χ4v) is 4.46. The van der Waals surface area contributed by atoms with Gasteiger partial charge in [-0.25, -0.2) is 4.39 Å². The van der Waals surface area contributed by atoms with Crippen LogP contribution >= 0.6 is 0 Å². The fraction of sp³-hybridized carbons (Fsp3) is 0.250. The Kier molecular flexibility index (Phi) is 5.52. The van der Waals surface area contributed by atoms with Crippen LogP contribution < -0.4 is 5.32 Å². The molecule has 1 heterocycles. The Hall–Kier alpha value is -3.40. The van der Waals surface area contributed by atoms with Gasteiger partial charge in [0.15, 0.2) is 0 Å². The molecule has 0 spiro atoms. The summed E-state index contributed by atoms with van der Waals surface area (Å²) in [6.45, 7) is 2.73. The number of halogens is 1. The van der Waals surface area contributed by atoms with Crippen LogP contribution in [0.4, 0.5) is 4.39 Å². The van der Waals surface area contributed by atoms with Crippen molar-refractivity contribution in [2.24, 2.45) is 0 Å². The average molecular weight is 427 g/mol. The Bertz CT molecular complexity index is 1250. The minimum absolute atomic E-state index is 0.0342. The molecule has 1 saturated carbocycles.